The summed E-state index contributed by atoms with van der Waals surface area (Å²) in [5.74, 6) is 1.86. The summed E-state index contributed by atoms with van der Waals surface area (Å²) in [5.41, 5.74) is 1.85. The Morgan fingerprint density at radius 1 is 1.18 bits per heavy atom. The highest BCUT2D eigenvalue weighted by atomic mass is 16.3. The molecule has 0 aromatic carbocycles. The van der Waals surface area contributed by atoms with Crippen LogP contribution in [0.2, 0.25) is 0 Å². The number of rotatable bonds is 3. The van der Waals surface area contributed by atoms with E-state index in [1.807, 2.05) is 0 Å². The van der Waals surface area contributed by atoms with Crippen molar-refractivity contribution >= 4 is 0 Å². The van der Waals surface area contributed by atoms with Gasteiger partial charge in [0.15, 0.2) is 0 Å². The highest BCUT2D eigenvalue weighted by molar-refractivity contribution is 5.30. The van der Waals surface area contributed by atoms with Crippen molar-refractivity contribution in [2.45, 2.75) is 72.0 Å². The smallest absolute Gasteiger partial charge is 0.0762 e. The molecule has 3 saturated carbocycles. The molecule has 0 heterocycles. The van der Waals surface area contributed by atoms with Crippen LogP contribution in [0.3, 0.4) is 0 Å². The van der Waals surface area contributed by atoms with Gasteiger partial charge < -0.3 is 10.2 Å². The van der Waals surface area contributed by atoms with Gasteiger partial charge >= 0.3 is 0 Å². The summed E-state index contributed by atoms with van der Waals surface area (Å²) in [6.07, 6.45) is 8.00. The van der Waals surface area contributed by atoms with Gasteiger partial charge in [-0.2, -0.15) is 0 Å². The van der Waals surface area contributed by atoms with E-state index >= 15 is 0 Å². The zero-order chi connectivity index (χ0) is 16.3. The molecule has 22 heavy (non-hydrogen) atoms. The molecule has 0 aromatic rings. The van der Waals surface area contributed by atoms with Gasteiger partial charge in [-0.05, 0) is 70.1 Å². The van der Waals surface area contributed by atoms with Crippen LogP contribution in [-0.4, -0.2) is 21.9 Å². The van der Waals surface area contributed by atoms with Crippen LogP contribution in [0.5, 0.6) is 0 Å². The minimum absolute atomic E-state index is 0.293. The molecule has 2 nitrogen and oxygen atoms in total. The summed E-state index contributed by atoms with van der Waals surface area (Å²) >= 11 is 0. The summed E-state index contributed by atoms with van der Waals surface area (Å²) in [4.78, 5) is 0. The van der Waals surface area contributed by atoms with Crippen LogP contribution in [0.4, 0.5) is 0 Å². The van der Waals surface area contributed by atoms with Crippen molar-refractivity contribution in [2.24, 2.45) is 29.1 Å². The van der Waals surface area contributed by atoms with E-state index in [4.69, 9.17) is 0 Å². The fourth-order valence-electron chi connectivity index (χ4n) is 6.02. The molecule has 0 aliphatic heterocycles. The Hall–Kier alpha value is -0.600. The molecule has 3 aliphatic carbocycles. The molecular formula is C20H32O2. The molecule has 2 heteroatoms. The third-order valence-electron chi connectivity index (χ3n) is 7.31. The number of fused-ring (bicyclic) bond motifs is 4. The van der Waals surface area contributed by atoms with Crippen LogP contribution in [0.15, 0.2) is 23.3 Å². The van der Waals surface area contributed by atoms with Crippen LogP contribution in [0, 0.1) is 29.1 Å². The molecule has 0 spiro atoms. The maximum absolute atomic E-state index is 11.2. The van der Waals surface area contributed by atoms with E-state index in [9.17, 15) is 10.2 Å². The van der Waals surface area contributed by atoms with E-state index in [1.165, 1.54) is 11.1 Å². The molecule has 0 aromatic heterocycles. The van der Waals surface area contributed by atoms with Crippen molar-refractivity contribution in [1.82, 2.24) is 0 Å². The van der Waals surface area contributed by atoms with Gasteiger partial charge in [0.1, 0.15) is 0 Å². The molecule has 0 saturated heterocycles. The Labute approximate surface area is 135 Å². The predicted octanol–water partition coefficient (Wildman–Crippen LogP) is 4.08. The molecule has 2 N–H and O–H groups in total. The van der Waals surface area contributed by atoms with Gasteiger partial charge in [-0.25, -0.2) is 0 Å². The van der Waals surface area contributed by atoms with E-state index in [-0.39, 0.29) is 11.5 Å². The number of hydrogen-bond acceptors (Lipinski definition) is 2. The lowest BCUT2D eigenvalue weighted by Crippen LogP contribution is -2.70. The first kappa shape index (κ1) is 16.3. The minimum Gasteiger partial charge on any atom is -0.392 e. The second-order valence-corrected chi connectivity index (χ2v) is 8.60. The summed E-state index contributed by atoms with van der Waals surface area (Å²) in [6, 6.07) is 0. The van der Waals surface area contributed by atoms with Crippen LogP contribution in [0.1, 0.15) is 60.3 Å². The second-order valence-electron chi connectivity index (χ2n) is 8.60. The van der Waals surface area contributed by atoms with Crippen molar-refractivity contribution in [3.05, 3.63) is 23.3 Å². The van der Waals surface area contributed by atoms with Gasteiger partial charge in [0.25, 0.3) is 0 Å². The summed E-state index contributed by atoms with van der Waals surface area (Å²) in [6.45, 7) is 10.9. The topological polar surface area (TPSA) is 40.5 Å². The van der Waals surface area contributed by atoms with E-state index < -0.39 is 5.60 Å². The minimum atomic E-state index is -0.620. The standard InChI is InChI=1S/C20H32O2/c1-12(2)7-6-8-13(3)15-11-16(21)19(5)18(15)17-14(4)9-10-20(17,19)22/h7-8,14-18,21-22H,6,9-11H2,1-5H3/b13-8-/t14-,15+,16-,17+,18+,19+,20-/m1/s1. The predicted molar refractivity (Wildman–Crippen MR) is 90.4 cm³/mol. The van der Waals surface area contributed by atoms with Crippen molar-refractivity contribution in [3.8, 4) is 0 Å². The molecule has 124 valence electrons. The van der Waals surface area contributed by atoms with Gasteiger partial charge in [-0.15, -0.1) is 0 Å². The SMILES string of the molecule is CC(C)=CC/C=C(/C)[C@@H]1C[C@@H](O)[C@@]2(C)[C@@H]1[C@@H]1[C@H](C)CC[C@@]12O. The molecular weight excluding hydrogens is 272 g/mol. The van der Waals surface area contributed by atoms with Gasteiger partial charge in [-0.3, -0.25) is 0 Å². The maximum atomic E-state index is 11.2. The lowest BCUT2D eigenvalue weighted by Gasteiger charge is -2.64. The molecule has 3 rings (SSSR count). The normalized spacial score (nSPS) is 50.3. The highest BCUT2D eigenvalue weighted by Crippen LogP contribution is 2.75. The number of allylic oxidation sites excluding steroid dienone is 4. The van der Waals surface area contributed by atoms with E-state index in [2.05, 4.69) is 46.8 Å². The fourth-order valence-corrected chi connectivity index (χ4v) is 6.02. The van der Waals surface area contributed by atoms with Crippen LogP contribution >= 0.6 is 0 Å². The molecule has 7 atom stereocenters. The van der Waals surface area contributed by atoms with Crippen LogP contribution < -0.4 is 0 Å². The molecule has 0 radical (unpaired) electrons. The maximum Gasteiger partial charge on any atom is 0.0762 e. The van der Waals surface area contributed by atoms with Gasteiger partial charge in [0.05, 0.1) is 11.7 Å². The Kier molecular flexibility index (Phi) is 3.85. The van der Waals surface area contributed by atoms with Crippen molar-refractivity contribution in [2.75, 3.05) is 0 Å². The average molecular weight is 304 g/mol. The number of aliphatic hydroxyl groups excluding tert-OH is 1. The van der Waals surface area contributed by atoms with Gasteiger partial charge in [-0.1, -0.05) is 37.1 Å². The Bertz CT molecular complexity index is 516. The first-order valence-corrected chi connectivity index (χ1v) is 8.94. The molecule has 0 amide bonds. The van der Waals surface area contributed by atoms with E-state index in [1.54, 1.807) is 0 Å². The fraction of sp³-hybridized carbons (Fsp3) is 0.800. The lowest BCUT2D eigenvalue weighted by molar-refractivity contribution is -0.266. The summed E-state index contributed by atoms with van der Waals surface area (Å²) < 4.78 is 0. The zero-order valence-corrected chi connectivity index (χ0v) is 14.8. The second kappa shape index (κ2) is 5.21. The molecule has 3 aliphatic rings. The molecule has 0 unspecified atom stereocenters. The summed E-state index contributed by atoms with van der Waals surface area (Å²) in [7, 11) is 0. The third kappa shape index (κ3) is 1.93. The van der Waals surface area contributed by atoms with Crippen molar-refractivity contribution < 1.29 is 10.2 Å². The Balaban J connectivity index is 1.86. The van der Waals surface area contributed by atoms with Crippen LogP contribution in [0.25, 0.3) is 0 Å². The largest absolute Gasteiger partial charge is 0.392 e. The average Bonchev–Trinajstić information content (AvgIpc) is 2.83. The Morgan fingerprint density at radius 2 is 1.86 bits per heavy atom. The quantitative estimate of drug-likeness (QED) is 0.771. The van der Waals surface area contributed by atoms with Crippen molar-refractivity contribution in [1.29, 1.82) is 0 Å². The number of hydrogen-bond donors (Lipinski definition) is 2. The van der Waals surface area contributed by atoms with Gasteiger partial charge in [0, 0.05) is 5.41 Å². The highest BCUT2D eigenvalue weighted by Gasteiger charge is 2.78. The first-order valence-electron chi connectivity index (χ1n) is 8.94. The summed E-state index contributed by atoms with van der Waals surface area (Å²) in [5, 5.41) is 21.9. The van der Waals surface area contributed by atoms with E-state index in [0.29, 0.717) is 23.7 Å². The molecule has 0 bridgehead atoms. The molecule has 3 fully saturated rings. The Morgan fingerprint density at radius 3 is 2.50 bits per heavy atom. The lowest BCUT2D eigenvalue weighted by atomic mass is 9.43. The third-order valence-corrected chi connectivity index (χ3v) is 7.31. The zero-order valence-electron chi connectivity index (χ0n) is 14.8. The first-order chi connectivity index (χ1) is 10.2. The van der Waals surface area contributed by atoms with E-state index in [0.717, 1.165) is 25.7 Å². The van der Waals surface area contributed by atoms with Gasteiger partial charge in [0.2, 0.25) is 0 Å². The number of aliphatic hydroxyl groups is 2. The van der Waals surface area contributed by atoms with Crippen LogP contribution in [-0.2, 0) is 0 Å². The van der Waals surface area contributed by atoms with Crippen molar-refractivity contribution in [3.63, 3.8) is 0 Å². The monoisotopic (exact) mass is 304 g/mol.